The predicted molar refractivity (Wildman–Crippen MR) is 88.7 cm³/mol. The molecule has 0 aliphatic heterocycles. The monoisotopic (exact) mass is 303 g/mol. The predicted octanol–water partition coefficient (Wildman–Crippen LogP) is 4.52. The molecule has 2 N–H and O–H groups in total. The average Bonchev–Trinajstić information content (AvgIpc) is 2.88. The molecule has 0 radical (unpaired) electrons. The first kappa shape index (κ1) is 15.6. The molecule has 0 spiro atoms. The van der Waals surface area contributed by atoms with E-state index in [1.807, 2.05) is 5.38 Å². The van der Waals surface area contributed by atoms with E-state index in [4.69, 9.17) is 10.5 Å². The molecule has 112 valence electrons. The van der Waals surface area contributed by atoms with Crippen molar-refractivity contribution in [3.63, 3.8) is 0 Å². The molecule has 0 saturated heterocycles. The third-order valence-electron chi connectivity index (χ3n) is 3.38. The number of esters is 1. The van der Waals surface area contributed by atoms with Gasteiger partial charge in [0.15, 0.2) is 0 Å². The standard InChI is InChI=1S/C17H21NO2S/c1-3-5-6-12-7-9-13(10-8-12)14-11-21-16(18)15(14)17(19)20-4-2/h7-11H,3-6,18H2,1-2H3. The molecule has 0 aliphatic carbocycles. The number of hydrogen-bond donors (Lipinski definition) is 1. The molecule has 2 rings (SSSR count). The van der Waals surface area contributed by atoms with E-state index in [-0.39, 0.29) is 5.97 Å². The number of aryl methyl sites for hydroxylation is 1. The van der Waals surface area contributed by atoms with Crippen LogP contribution in [0.25, 0.3) is 11.1 Å². The van der Waals surface area contributed by atoms with Crippen molar-refractivity contribution in [2.24, 2.45) is 0 Å². The zero-order valence-corrected chi connectivity index (χ0v) is 13.3. The minimum absolute atomic E-state index is 0.346. The first-order chi connectivity index (χ1) is 10.2. The molecule has 0 fully saturated rings. The van der Waals surface area contributed by atoms with Gasteiger partial charge < -0.3 is 10.5 Å². The van der Waals surface area contributed by atoms with Crippen molar-refractivity contribution in [3.8, 4) is 11.1 Å². The normalized spacial score (nSPS) is 10.6. The van der Waals surface area contributed by atoms with Gasteiger partial charge in [-0.1, -0.05) is 37.6 Å². The highest BCUT2D eigenvalue weighted by Gasteiger charge is 2.19. The molecule has 21 heavy (non-hydrogen) atoms. The Bertz CT molecular complexity index is 602. The molecule has 0 unspecified atom stereocenters. The summed E-state index contributed by atoms with van der Waals surface area (Å²) in [6.07, 6.45) is 3.47. The Balaban J connectivity index is 2.28. The lowest BCUT2D eigenvalue weighted by molar-refractivity contribution is 0.0529. The lowest BCUT2D eigenvalue weighted by atomic mass is 10.0. The summed E-state index contributed by atoms with van der Waals surface area (Å²) in [4.78, 5) is 12.0. The fraction of sp³-hybridized carbons (Fsp3) is 0.353. The van der Waals surface area contributed by atoms with Crippen molar-refractivity contribution in [2.45, 2.75) is 33.1 Å². The van der Waals surface area contributed by atoms with Crippen molar-refractivity contribution in [1.29, 1.82) is 0 Å². The van der Waals surface area contributed by atoms with E-state index < -0.39 is 0 Å². The Hall–Kier alpha value is -1.81. The molecule has 0 saturated carbocycles. The summed E-state index contributed by atoms with van der Waals surface area (Å²) in [6.45, 7) is 4.33. The van der Waals surface area contributed by atoms with Gasteiger partial charge >= 0.3 is 5.97 Å². The summed E-state index contributed by atoms with van der Waals surface area (Å²) in [5.41, 5.74) is 9.60. The van der Waals surface area contributed by atoms with Crippen LogP contribution in [0.4, 0.5) is 5.00 Å². The van der Waals surface area contributed by atoms with E-state index in [9.17, 15) is 4.79 Å². The third-order valence-corrected chi connectivity index (χ3v) is 4.19. The minimum atomic E-state index is -0.346. The van der Waals surface area contributed by atoms with E-state index in [1.165, 1.54) is 29.7 Å². The van der Waals surface area contributed by atoms with Crippen molar-refractivity contribution < 1.29 is 9.53 Å². The maximum absolute atomic E-state index is 12.0. The van der Waals surface area contributed by atoms with Crippen LogP contribution in [0.15, 0.2) is 29.6 Å². The largest absolute Gasteiger partial charge is 0.462 e. The molecule has 2 aromatic rings. The maximum atomic E-state index is 12.0. The molecule has 1 aromatic carbocycles. The Labute approximate surface area is 129 Å². The minimum Gasteiger partial charge on any atom is -0.462 e. The van der Waals surface area contributed by atoms with Crippen LogP contribution in [0, 0.1) is 0 Å². The number of rotatable bonds is 6. The van der Waals surface area contributed by atoms with Crippen LogP contribution >= 0.6 is 11.3 Å². The van der Waals surface area contributed by atoms with Crippen molar-refractivity contribution in [3.05, 3.63) is 40.8 Å². The second kappa shape index (κ2) is 7.27. The molecule has 3 nitrogen and oxygen atoms in total. The number of hydrogen-bond acceptors (Lipinski definition) is 4. The number of thiophene rings is 1. The van der Waals surface area contributed by atoms with Gasteiger partial charge in [0, 0.05) is 10.9 Å². The molecule has 1 heterocycles. The van der Waals surface area contributed by atoms with Gasteiger partial charge in [0.2, 0.25) is 0 Å². The number of nitrogen functional groups attached to an aromatic ring is 1. The number of ether oxygens (including phenoxy) is 1. The molecule has 4 heteroatoms. The molecule has 0 aliphatic rings. The van der Waals surface area contributed by atoms with E-state index in [0.717, 1.165) is 17.5 Å². The fourth-order valence-electron chi connectivity index (χ4n) is 2.23. The van der Waals surface area contributed by atoms with E-state index >= 15 is 0 Å². The van der Waals surface area contributed by atoms with Crippen LogP contribution < -0.4 is 5.73 Å². The molecule has 0 amide bonds. The highest BCUT2D eigenvalue weighted by atomic mass is 32.1. The van der Waals surface area contributed by atoms with Crippen LogP contribution in [0.1, 0.15) is 42.6 Å². The van der Waals surface area contributed by atoms with E-state index in [2.05, 4.69) is 31.2 Å². The number of nitrogens with two attached hydrogens (primary N) is 1. The second-order valence-electron chi connectivity index (χ2n) is 4.91. The summed E-state index contributed by atoms with van der Waals surface area (Å²) in [5.74, 6) is -0.346. The molecule has 0 bridgehead atoms. The van der Waals surface area contributed by atoms with Crippen LogP contribution in [0.3, 0.4) is 0 Å². The first-order valence-electron chi connectivity index (χ1n) is 7.30. The number of benzene rings is 1. The van der Waals surface area contributed by atoms with Gasteiger partial charge in [0.05, 0.1) is 6.61 Å². The number of anilines is 1. The molecular weight excluding hydrogens is 282 g/mol. The Morgan fingerprint density at radius 3 is 2.57 bits per heavy atom. The Kier molecular flexibility index (Phi) is 5.39. The summed E-state index contributed by atoms with van der Waals surface area (Å²) >= 11 is 1.38. The van der Waals surface area contributed by atoms with Crippen molar-refractivity contribution in [2.75, 3.05) is 12.3 Å². The fourth-order valence-corrected chi connectivity index (χ4v) is 3.04. The average molecular weight is 303 g/mol. The molecule has 1 aromatic heterocycles. The van der Waals surface area contributed by atoms with Crippen molar-refractivity contribution >= 4 is 22.3 Å². The SMILES string of the molecule is CCCCc1ccc(-c2csc(N)c2C(=O)OCC)cc1. The second-order valence-corrected chi connectivity index (χ2v) is 5.82. The van der Waals surface area contributed by atoms with Gasteiger partial charge in [-0.05, 0) is 30.9 Å². The summed E-state index contributed by atoms with van der Waals surface area (Å²) < 4.78 is 5.09. The summed E-state index contributed by atoms with van der Waals surface area (Å²) in [5, 5.41) is 2.43. The van der Waals surface area contributed by atoms with Gasteiger partial charge in [-0.2, -0.15) is 0 Å². The zero-order chi connectivity index (χ0) is 15.2. The van der Waals surface area contributed by atoms with Crippen LogP contribution in [-0.2, 0) is 11.2 Å². The quantitative estimate of drug-likeness (QED) is 0.798. The lowest BCUT2D eigenvalue weighted by Gasteiger charge is -2.06. The van der Waals surface area contributed by atoms with Gasteiger partial charge in [0.25, 0.3) is 0 Å². The maximum Gasteiger partial charge on any atom is 0.341 e. The van der Waals surface area contributed by atoms with E-state index in [0.29, 0.717) is 17.2 Å². The third kappa shape index (κ3) is 3.64. The first-order valence-corrected chi connectivity index (χ1v) is 8.18. The molecular formula is C17H21NO2S. The van der Waals surface area contributed by atoms with Gasteiger partial charge in [-0.15, -0.1) is 11.3 Å². The Morgan fingerprint density at radius 2 is 1.95 bits per heavy atom. The van der Waals surface area contributed by atoms with Gasteiger partial charge in [-0.25, -0.2) is 4.79 Å². The van der Waals surface area contributed by atoms with Crippen LogP contribution in [0.5, 0.6) is 0 Å². The van der Waals surface area contributed by atoms with Crippen molar-refractivity contribution in [1.82, 2.24) is 0 Å². The highest BCUT2D eigenvalue weighted by molar-refractivity contribution is 7.14. The topological polar surface area (TPSA) is 52.3 Å². The van der Waals surface area contributed by atoms with E-state index in [1.54, 1.807) is 6.92 Å². The van der Waals surface area contributed by atoms with Gasteiger partial charge in [-0.3, -0.25) is 0 Å². The molecule has 0 atom stereocenters. The Morgan fingerprint density at radius 1 is 1.24 bits per heavy atom. The lowest BCUT2D eigenvalue weighted by Crippen LogP contribution is -2.07. The number of unbranched alkanes of at least 4 members (excludes halogenated alkanes) is 1. The number of carbonyl (C=O) groups excluding carboxylic acids is 1. The number of carbonyl (C=O) groups is 1. The zero-order valence-electron chi connectivity index (χ0n) is 12.5. The summed E-state index contributed by atoms with van der Waals surface area (Å²) in [7, 11) is 0. The smallest absolute Gasteiger partial charge is 0.341 e. The summed E-state index contributed by atoms with van der Waals surface area (Å²) in [6, 6.07) is 8.34. The highest BCUT2D eigenvalue weighted by Crippen LogP contribution is 2.34. The van der Waals surface area contributed by atoms with Gasteiger partial charge in [0.1, 0.15) is 10.6 Å². The van der Waals surface area contributed by atoms with Crippen LogP contribution in [-0.4, -0.2) is 12.6 Å². The van der Waals surface area contributed by atoms with Crippen LogP contribution in [0.2, 0.25) is 0 Å².